The number of imidazole rings is 1. The van der Waals surface area contributed by atoms with E-state index in [9.17, 15) is 0 Å². The molecule has 5 nitrogen and oxygen atoms in total. The molecule has 4 heterocycles. The average Bonchev–Trinajstić information content (AvgIpc) is 4.16. The van der Waals surface area contributed by atoms with E-state index >= 15 is 0 Å². The van der Waals surface area contributed by atoms with Crippen molar-refractivity contribution in [3.05, 3.63) is 218 Å². The summed E-state index contributed by atoms with van der Waals surface area (Å²) in [4.78, 5) is 15.6. The monoisotopic (exact) mass is 869 g/mol. The molecule has 0 spiro atoms. The summed E-state index contributed by atoms with van der Waals surface area (Å²) in [7, 11) is 0. The van der Waals surface area contributed by atoms with Crippen LogP contribution >= 0.6 is 22.7 Å². The van der Waals surface area contributed by atoms with Gasteiger partial charge in [-0.15, -0.1) is 22.7 Å². The second kappa shape index (κ2) is 16.0. The first-order chi connectivity index (χ1) is 32.1. The van der Waals surface area contributed by atoms with Crippen LogP contribution in [0.4, 0.5) is 0 Å². The van der Waals surface area contributed by atoms with E-state index in [1.807, 2.05) is 18.2 Å². The van der Waals surface area contributed by atoms with Gasteiger partial charge in [0.05, 0.1) is 37.2 Å². The summed E-state index contributed by atoms with van der Waals surface area (Å²) in [5.74, 6) is 0.887. The van der Waals surface area contributed by atoms with E-state index in [4.69, 9.17) is 15.0 Å². The summed E-state index contributed by atoms with van der Waals surface area (Å²) in [6, 6.07) is 66.9. The number of para-hydroxylation sites is 1. The fourth-order valence-corrected chi connectivity index (χ4v) is 11.3. The zero-order valence-electron chi connectivity index (χ0n) is 35.4. The maximum absolute atomic E-state index is 5.22. The summed E-state index contributed by atoms with van der Waals surface area (Å²) in [5, 5.41) is 4.31. The second-order valence-corrected chi connectivity index (χ2v) is 18.1. The average molecular weight is 870 g/mol. The Hall–Kier alpha value is -7.97. The molecule has 0 saturated carbocycles. The molecule has 0 unspecified atom stereocenters. The van der Waals surface area contributed by atoms with Crippen molar-refractivity contribution in [2.75, 3.05) is 0 Å². The highest BCUT2D eigenvalue weighted by Gasteiger charge is 2.20. The molecule has 0 radical (unpaired) electrons. The Kier molecular flexibility index (Phi) is 9.51. The van der Waals surface area contributed by atoms with E-state index in [2.05, 4.69) is 205 Å². The third kappa shape index (κ3) is 6.72. The Morgan fingerprint density at radius 1 is 0.462 bits per heavy atom. The first-order valence-electron chi connectivity index (χ1n) is 21.6. The molecule has 0 aliphatic rings. The fraction of sp³-hybridized carbons (Fsp3) is 0.0172. The van der Waals surface area contributed by atoms with Crippen LogP contribution in [-0.4, -0.2) is 24.1 Å². The van der Waals surface area contributed by atoms with Crippen molar-refractivity contribution in [1.29, 1.82) is 0 Å². The van der Waals surface area contributed by atoms with Gasteiger partial charge in [0.25, 0.3) is 0 Å². The van der Waals surface area contributed by atoms with Crippen LogP contribution in [0.15, 0.2) is 207 Å². The number of nitrogens with zero attached hydrogens (tertiary/aromatic N) is 5. The molecule has 12 aromatic rings. The molecular formula is C58H39N5S2. The van der Waals surface area contributed by atoms with Crippen LogP contribution in [0.25, 0.3) is 114 Å². The molecule has 0 atom stereocenters. The Balaban J connectivity index is 1.02. The van der Waals surface area contributed by atoms with Crippen molar-refractivity contribution in [3.8, 4) is 66.2 Å². The highest BCUT2D eigenvalue weighted by molar-refractivity contribution is 7.22. The largest absolute Gasteiger partial charge is 0.309 e. The molecule has 65 heavy (non-hydrogen) atoms. The van der Waals surface area contributed by atoms with Gasteiger partial charge in [-0.1, -0.05) is 122 Å². The topological polar surface area (TPSA) is 48.5 Å². The first-order valence-corrected chi connectivity index (χ1v) is 23.3. The van der Waals surface area contributed by atoms with Crippen molar-refractivity contribution in [2.45, 2.75) is 6.92 Å². The Bertz CT molecular complexity index is 3600. The van der Waals surface area contributed by atoms with Crippen LogP contribution in [0.3, 0.4) is 0 Å². The predicted molar refractivity (Wildman–Crippen MR) is 275 cm³/mol. The number of hydrogen-bond donors (Lipinski definition) is 0. The zero-order chi connectivity index (χ0) is 43.4. The van der Waals surface area contributed by atoms with Gasteiger partial charge in [0, 0.05) is 55.7 Å². The Morgan fingerprint density at radius 3 is 1.48 bits per heavy atom. The highest BCUT2D eigenvalue weighted by atomic mass is 32.1. The van der Waals surface area contributed by atoms with Crippen LogP contribution in [-0.2, 0) is 0 Å². The molecule has 308 valence electrons. The minimum atomic E-state index is 0.887. The van der Waals surface area contributed by atoms with Gasteiger partial charge in [0.15, 0.2) is 0 Å². The third-order valence-electron chi connectivity index (χ3n) is 12.2. The van der Waals surface area contributed by atoms with Crippen LogP contribution < -0.4 is 0 Å². The van der Waals surface area contributed by atoms with E-state index in [-0.39, 0.29) is 0 Å². The van der Waals surface area contributed by atoms with Gasteiger partial charge in [0.2, 0.25) is 0 Å². The quantitative estimate of drug-likeness (QED) is 0.136. The number of rotatable bonds is 9. The number of hydrogen-bond acceptors (Lipinski definition) is 5. The Morgan fingerprint density at radius 2 is 0.954 bits per heavy atom. The van der Waals surface area contributed by atoms with E-state index < -0.39 is 0 Å². The lowest BCUT2D eigenvalue weighted by atomic mass is 10.1. The molecule has 0 fully saturated rings. The fourth-order valence-electron chi connectivity index (χ4n) is 9.08. The van der Waals surface area contributed by atoms with E-state index in [0.29, 0.717) is 0 Å². The third-order valence-corrected chi connectivity index (χ3v) is 14.5. The van der Waals surface area contributed by atoms with Gasteiger partial charge in [-0.2, -0.15) is 0 Å². The van der Waals surface area contributed by atoms with Gasteiger partial charge < -0.3 is 4.57 Å². The SMILES string of the molecule is C=C/C=C\c1nc(-c2ccc(-n3c4ccc(-c5nc6cccc(-c7ccccc7)c6s5)cc4c4cc(-c5nc6cccc(-c7ccccc7)c6s5)ccc43)cc2)n(-c2ccccc2)c1C. The van der Waals surface area contributed by atoms with Crippen molar-refractivity contribution >= 4 is 71.0 Å². The lowest BCUT2D eigenvalue weighted by Crippen LogP contribution is -2.00. The minimum Gasteiger partial charge on any atom is -0.309 e. The minimum absolute atomic E-state index is 0.887. The van der Waals surface area contributed by atoms with Crippen molar-refractivity contribution in [2.24, 2.45) is 0 Å². The maximum atomic E-state index is 5.22. The van der Waals surface area contributed by atoms with Crippen LogP contribution in [0.1, 0.15) is 11.4 Å². The van der Waals surface area contributed by atoms with Crippen molar-refractivity contribution in [3.63, 3.8) is 0 Å². The van der Waals surface area contributed by atoms with Gasteiger partial charge in [0.1, 0.15) is 15.8 Å². The molecule has 0 aliphatic heterocycles. The number of fused-ring (bicyclic) bond motifs is 5. The van der Waals surface area contributed by atoms with Crippen molar-refractivity contribution < 1.29 is 0 Å². The zero-order valence-corrected chi connectivity index (χ0v) is 37.0. The summed E-state index contributed by atoms with van der Waals surface area (Å²) in [5.41, 5.74) is 16.4. The standard InChI is InChI=1S/C58H39N5S2/c1-3-4-24-49-37(2)62(43-20-12-7-13-21-43)56(59-49)40-27-31-44(32-28-40)63-52-33-29-41(57-60-50-25-14-22-45(54(50)64-57)38-16-8-5-9-17-38)35-47(52)48-36-42(30-34-53(48)63)58-61-51-26-15-23-46(55(51)65-58)39-18-10-6-11-19-39/h3-36H,1H2,2H3/b24-4-. The molecule has 0 aliphatic carbocycles. The molecular weight excluding hydrogens is 831 g/mol. The predicted octanol–water partition coefficient (Wildman–Crippen LogP) is 16.0. The van der Waals surface area contributed by atoms with Gasteiger partial charge in [-0.3, -0.25) is 4.57 Å². The number of aromatic nitrogens is 5. The maximum Gasteiger partial charge on any atom is 0.145 e. The Labute approximate surface area is 384 Å². The summed E-state index contributed by atoms with van der Waals surface area (Å²) >= 11 is 3.51. The molecule has 0 bridgehead atoms. The lowest BCUT2D eigenvalue weighted by Gasteiger charge is -2.12. The van der Waals surface area contributed by atoms with E-state index in [1.165, 1.54) is 31.7 Å². The summed E-state index contributed by atoms with van der Waals surface area (Å²) in [6.07, 6.45) is 5.75. The molecule has 0 amide bonds. The second-order valence-electron chi connectivity index (χ2n) is 16.1. The molecule has 0 saturated heterocycles. The van der Waals surface area contributed by atoms with Crippen LogP contribution in [0.5, 0.6) is 0 Å². The van der Waals surface area contributed by atoms with Crippen molar-refractivity contribution in [1.82, 2.24) is 24.1 Å². The van der Waals surface area contributed by atoms with Gasteiger partial charge >= 0.3 is 0 Å². The first kappa shape index (κ1) is 38.7. The molecule has 8 aromatic carbocycles. The molecule has 12 rings (SSSR count). The molecule has 7 heteroatoms. The highest BCUT2D eigenvalue weighted by Crippen LogP contribution is 2.43. The summed E-state index contributed by atoms with van der Waals surface area (Å²) < 4.78 is 7.00. The summed E-state index contributed by atoms with van der Waals surface area (Å²) in [6.45, 7) is 6.00. The van der Waals surface area contributed by atoms with Crippen LogP contribution in [0.2, 0.25) is 0 Å². The lowest BCUT2D eigenvalue weighted by molar-refractivity contribution is 1.01. The van der Waals surface area contributed by atoms with Gasteiger partial charge in [-0.05, 0) is 109 Å². The normalized spacial score (nSPS) is 11.8. The van der Waals surface area contributed by atoms with Gasteiger partial charge in [-0.25, -0.2) is 15.0 Å². The number of allylic oxidation sites excluding steroid dienone is 2. The number of thiazole rings is 2. The van der Waals surface area contributed by atoms with E-state index in [0.717, 1.165) is 88.1 Å². The number of benzene rings is 8. The molecule has 4 aromatic heterocycles. The smallest absolute Gasteiger partial charge is 0.145 e. The van der Waals surface area contributed by atoms with E-state index in [1.54, 1.807) is 28.7 Å². The molecule has 0 N–H and O–H groups in total. The van der Waals surface area contributed by atoms with Crippen LogP contribution in [0, 0.1) is 6.92 Å².